The van der Waals surface area contributed by atoms with Crippen molar-refractivity contribution >= 4 is 0 Å². The van der Waals surface area contributed by atoms with Crippen LogP contribution in [0.4, 0.5) is 0 Å². The van der Waals surface area contributed by atoms with E-state index in [0.29, 0.717) is 23.4 Å². The molecule has 0 N–H and O–H groups in total. The monoisotopic (exact) mass is 361 g/mol. The van der Waals surface area contributed by atoms with E-state index in [2.05, 4.69) is 35.1 Å². The molecule has 0 amide bonds. The van der Waals surface area contributed by atoms with Gasteiger partial charge in [0.15, 0.2) is 5.82 Å². The fourth-order valence-electron chi connectivity index (χ4n) is 3.50. The van der Waals surface area contributed by atoms with E-state index in [9.17, 15) is 0 Å². The lowest BCUT2D eigenvalue weighted by molar-refractivity contribution is 0.0421. The molecule has 1 aliphatic carbocycles. The van der Waals surface area contributed by atoms with E-state index >= 15 is 0 Å². The van der Waals surface area contributed by atoms with Crippen molar-refractivity contribution in [1.82, 2.24) is 9.97 Å². The molecule has 4 heteroatoms. The summed E-state index contributed by atoms with van der Waals surface area (Å²) < 4.78 is 5.97. The molecule has 1 fully saturated rings. The third-order valence-electron chi connectivity index (χ3n) is 5.14. The van der Waals surface area contributed by atoms with Crippen LogP contribution < -0.4 is 0 Å². The first kappa shape index (κ1) is 19.3. The van der Waals surface area contributed by atoms with Gasteiger partial charge in [0.2, 0.25) is 0 Å². The molecule has 0 unspecified atom stereocenters. The highest BCUT2D eigenvalue weighted by atomic mass is 16.5. The van der Waals surface area contributed by atoms with Crippen molar-refractivity contribution in [2.75, 3.05) is 6.61 Å². The standard InChI is InChI=1S/C23H27N3O/c1-2-3-4-5-14-27-22-12-10-19(11-13-22)21-16-25-23(26-17-21)20-8-6-18(15-24)7-9-20/h4-9,16-17,19,22H,2-3,10-14H2,1H3/b5-4+/t19-,22-. The molecule has 1 aromatic heterocycles. The molecule has 27 heavy (non-hydrogen) atoms. The van der Waals surface area contributed by atoms with Crippen molar-refractivity contribution in [2.45, 2.75) is 57.5 Å². The van der Waals surface area contributed by atoms with Crippen LogP contribution in [-0.2, 0) is 4.74 Å². The molecule has 140 valence electrons. The number of benzene rings is 1. The SMILES string of the molecule is CCC/C=C/CO[C@H]1CC[C@H](c2cnc(-c3ccc(C#N)cc3)nc2)CC1. The summed E-state index contributed by atoms with van der Waals surface area (Å²) in [7, 11) is 0. The van der Waals surface area contributed by atoms with Crippen LogP contribution in [0.15, 0.2) is 48.8 Å². The van der Waals surface area contributed by atoms with Crippen molar-refractivity contribution in [3.05, 3.63) is 59.9 Å². The molecular weight excluding hydrogens is 334 g/mol. The lowest BCUT2D eigenvalue weighted by Crippen LogP contribution is -2.21. The maximum Gasteiger partial charge on any atom is 0.159 e. The highest BCUT2D eigenvalue weighted by Crippen LogP contribution is 2.33. The Labute approximate surface area is 161 Å². The van der Waals surface area contributed by atoms with Gasteiger partial charge in [-0.05, 0) is 67.9 Å². The summed E-state index contributed by atoms with van der Waals surface area (Å²) in [4.78, 5) is 9.08. The minimum Gasteiger partial charge on any atom is -0.374 e. The van der Waals surface area contributed by atoms with Gasteiger partial charge in [0, 0.05) is 18.0 Å². The second kappa shape index (κ2) is 9.99. The summed E-state index contributed by atoms with van der Waals surface area (Å²) in [5, 5.41) is 8.89. The van der Waals surface area contributed by atoms with Crippen molar-refractivity contribution in [1.29, 1.82) is 5.26 Å². The van der Waals surface area contributed by atoms with Crippen LogP contribution in [0.2, 0.25) is 0 Å². The van der Waals surface area contributed by atoms with E-state index in [4.69, 9.17) is 10.00 Å². The Morgan fingerprint density at radius 1 is 1.07 bits per heavy atom. The highest BCUT2D eigenvalue weighted by Gasteiger charge is 2.23. The van der Waals surface area contributed by atoms with Gasteiger partial charge in [-0.25, -0.2) is 9.97 Å². The highest BCUT2D eigenvalue weighted by molar-refractivity contribution is 5.56. The largest absolute Gasteiger partial charge is 0.374 e. The number of allylic oxidation sites excluding steroid dienone is 1. The third kappa shape index (κ3) is 5.48. The van der Waals surface area contributed by atoms with Crippen LogP contribution in [0.1, 0.15) is 62.5 Å². The molecule has 1 saturated carbocycles. The first-order valence-corrected chi connectivity index (χ1v) is 9.89. The molecule has 0 atom stereocenters. The zero-order valence-electron chi connectivity index (χ0n) is 16.0. The summed E-state index contributed by atoms with van der Waals surface area (Å²) in [6.45, 7) is 2.92. The Morgan fingerprint density at radius 3 is 2.41 bits per heavy atom. The predicted octanol–water partition coefficient (Wildman–Crippen LogP) is 5.41. The molecule has 0 bridgehead atoms. The lowest BCUT2D eigenvalue weighted by atomic mass is 9.84. The summed E-state index contributed by atoms with van der Waals surface area (Å²) in [5.41, 5.74) is 2.80. The average Bonchev–Trinajstić information content (AvgIpc) is 2.74. The summed E-state index contributed by atoms with van der Waals surface area (Å²) in [6, 6.07) is 9.51. The average molecular weight is 361 g/mol. The van der Waals surface area contributed by atoms with Gasteiger partial charge >= 0.3 is 0 Å². The minimum atomic E-state index is 0.381. The molecule has 2 aromatic rings. The quantitative estimate of drug-likeness (QED) is 0.618. The van der Waals surface area contributed by atoms with Crippen molar-refractivity contribution in [3.63, 3.8) is 0 Å². The number of aromatic nitrogens is 2. The molecule has 0 saturated heterocycles. The van der Waals surface area contributed by atoms with E-state index < -0.39 is 0 Å². The summed E-state index contributed by atoms with van der Waals surface area (Å²) in [6.07, 6.45) is 15.4. The molecule has 1 heterocycles. The molecule has 0 radical (unpaired) electrons. The zero-order valence-corrected chi connectivity index (χ0v) is 16.0. The summed E-state index contributed by atoms with van der Waals surface area (Å²) >= 11 is 0. The van der Waals surface area contributed by atoms with E-state index in [-0.39, 0.29) is 0 Å². The number of rotatable bonds is 7. The number of unbranched alkanes of at least 4 members (excludes halogenated alkanes) is 1. The molecule has 1 aromatic carbocycles. The van der Waals surface area contributed by atoms with Crippen LogP contribution >= 0.6 is 0 Å². The fraction of sp³-hybridized carbons (Fsp3) is 0.435. The van der Waals surface area contributed by atoms with E-state index in [1.165, 1.54) is 12.0 Å². The van der Waals surface area contributed by atoms with Gasteiger partial charge in [0.05, 0.1) is 24.3 Å². The van der Waals surface area contributed by atoms with Crippen molar-refractivity contribution < 1.29 is 4.74 Å². The molecule has 1 aliphatic rings. The van der Waals surface area contributed by atoms with Crippen LogP contribution in [0.25, 0.3) is 11.4 Å². The number of hydrogen-bond donors (Lipinski definition) is 0. The number of nitriles is 1. The Morgan fingerprint density at radius 2 is 1.78 bits per heavy atom. The van der Waals surface area contributed by atoms with Gasteiger partial charge in [-0.3, -0.25) is 0 Å². The Bertz CT molecular complexity index is 767. The number of hydrogen-bond acceptors (Lipinski definition) is 4. The summed E-state index contributed by atoms with van der Waals surface area (Å²) in [5.74, 6) is 1.23. The lowest BCUT2D eigenvalue weighted by Gasteiger charge is -2.28. The number of nitrogens with zero attached hydrogens (tertiary/aromatic N) is 3. The van der Waals surface area contributed by atoms with Crippen LogP contribution in [0, 0.1) is 11.3 Å². The topological polar surface area (TPSA) is 58.8 Å². The molecule has 3 rings (SSSR count). The predicted molar refractivity (Wildman–Crippen MR) is 107 cm³/mol. The maximum atomic E-state index is 8.89. The first-order valence-electron chi connectivity index (χ1n) is 9.89. The second-order valence-corrected chi connectivity index (χ2v) is 7.10. The first-order chi connectivity index (χ1) is 13.3. The molecule has 0 spiro atoms. The maximum absolute atomic E-state index is 8.89. The van der Waals surface area contributed by atoms with Crippen molar-refractivity contribution in [3.8, 4) is 17.5 Å². The van der Waals surface area contributed by atoms with Crippen molar-refractivity contribution in [2.24, 2.45) is 0 Å². The van der Waals surface area contributed by atoms with Crippen LogP contribution in [0.5, 0.6) is 0 Å². The van der Waals surface area contributed by atoms with E-state index in [1.54, 1.807) is 12.1 Å². The van der Waals surface area contributed by atoms with Gasteiger partial charge in [-0.1, -0.05) is 25.5 Å². The van der Waals surface area contributed by atoms with Gasteiger partial charge < -0.3 is 4.74 Å². The Balaban J connectivity index is 1.50. The third-order valence-corrected chi connectivity index (χ3v) is 5.14. The van der Waals surface area contributed by atoms with Crippen LogP contribution in [-0.4, -0.2) is 22.7 Å². The molecule has 0 aliphatic heterocycles. The van der Waals surface area contributed by atoms with Gasteiger partial charge in [0.25, 0.3) is 0 Å². The Kier molecular flexibility index (Phi) is 7.12. The molecular formula is C23H27N3O. The van der Waals surface area contributed by atoms with Gasteiger partial charge in [0.1, 0.15) is 0 Å². The fourth-order valence-corrected chi connectivity index (χ4v) is 3.50. The van der Waals surface area contributed by atoms with E-state index in [1.807, 2.05) is 24.5 Å². The smallest absolute Gasteiger partial charge is 0.159 e. The van der Waals surface area contributed by atoms with Crippen LogP contribution in [0.3, 0.4) is 0 Å². The second-order valence-electron chi connectivity index (χ2n) is 7.10. The van der Waals surface area contributed by atoms with Gasteiger partial charge in [-0.15, -0.1) is 0 Å². The molecule has 4 nitrogen and oxygen atoms in total. The normalized spacial score (nSPS) is 19.9. The Hall–Kier alpha value is -2.51. The zero-order chi connectivity index (χ0) is 18.9. The van der Waals surface area contributed by atoms with Gasteiger partial charge in [-0.2, -0.15) is 5.26 Å². The van der Waals surface area contributed by atoms with E-state index in [0.717, 1.165) is 44.3 Å². The minimum absolute atomic E-state index is 0.381. The number of ether oxygens (including phenoxy) is 1.